The number of carbonyl (C=O) groups is 2. The molecule has 0 N–H and O–H groups in total. The lowest BCUT2D eigenvalue weighted by Crippen LogP contribution is -2.14. The van der Waals surface area contributed by atoms with Crippen molar-refractivity contribution < 1.29 is 9.59 Å². The molecule has 0 fully saturated rings. The van der Waals surface area contributed by atoms with Crippen molar-refractivity contribution in [3.63, 3.8) is 0 Å². The van der Waals surface area contributed by atoms with Gasteiger partial charge in [0.15, 0.2) is 11.6 Å². The summed E-state index contributed by atoms with van der Waals surface area (Å²) in [5.41, 5.74) is 2.32. The largest absolute Gasteiger partial charge is 0.293 e. The van der Waals surface area contributed by atoms with E-state index in [-0.39, 0.29) is 11.6 Å². The minimum absolute atomic E-state index is 0.159. The lowest BCUT2D eigenvalue weighted by atomic mass is 9.97. The summed E-state index contributed by atoms with van der Waals surface area (Å²) in [6.07, 6.45) is 0. The van der Waals surface area contributed by atoms with Crippen molar-refractivity contribution in [2.24, 2.45) is 0 Å². The van der Waals surface area contributed by atoms with E-state index in [9.17, 15) is 9.59 Å². The second-order valence-corrected chi connectivity index (χ2v) is 6.30. The molecule has 5 rings (SSSR count). The van der Waals surface area contributed by atoms with Gasteiger partial charge >= 0.3 is 0 Å². The highest BCUT2D eigenvalue weighted by Gasteiger charge is 2.40. The van der Waals surface area contributed by atoms with Crippen LogP contribution in [0.4, 0.5) is 0 Å². The second-order valence-electron chi connectivity index (χ2n) is 6.30. The number of carbonyl (C=O) groups excluding carboxylic acids is 2. The average Bonchev–Trinajstić information content (AvgIpc) is 2.92. The first-order valence-electron chi connectivity index (χ1n) is 8.20. The minimum Gasteiger partial charge on any atom is -0.293 e. The summed E-state index contributed by atoms with van der Waals surface area (Å²) in [5.74, 6) is -1.14. The zero-order valence-corrected chi connectivity index (χ0v) is 13.3. The maximum atomic E-state index is 12.7. The van der Waals surface area contributed by atoms with Gasteiger partial charge in [0.05, 0.1) is 11.2 Å². The normalized spacial score (nSPS) is 14.4. The number of hydrogen-bond acceptors (Lipinski definition) is 3. The third-order valence-electron chi connectivity index (χ3n) is 4.90. The van der Waals surface area contributed by atoms with E-state index in [1.807, 2.05) is 30.3 Å². The first-order valence-corrected chi connectivity index (χ1v) is 8.20. The van der Waals surface area contributed by atoms with Gasteiger partial charge in [-0.2, -0.15) is 0 Å². The molecule has 4 aromatic rings. The number of ketones is 2. The van der Waals surface area contributed by atoms with Gasteiger partial charge in [-0.15, -0.1) is 0 Å². The number of benzene rings is 3. The monoisotopic (exact) mass is 323 g/mol. The first-order chi connectivity index (χ1) is 12.2. The molecular formula is C22H13NO2. The van der Waals surface area contributed by atoms with Gasteiger partial charge in [0, 0.05) is 16.5 Å². The molecule has 0 amide bonds. The molecule has 25 heavy (non-hydrogen) atoms. The van der Waals surface area contributed by atoms with E-state index in [1.165, 1.54) is 0 Å². The molecule has 118 valence electrons. The maximum absolute atomic E-state index is 12.7. The van der Waals surface area contributed by atoms with Gasteiger partial charge < -0.3 is 0 Å². The highest BCUT2D eigenvalue weighted by molar-refractivity contribution is 6.29. The van der Waals surface area contributed by atoms with E-state index < -0.39 is 5.92 Å². The van der Waals surface area contributed by atoms with Crippen LogP contribution >= 0.6 is 0 Å². The molecule has 0 spiro atoms. The third-order valence-corrected chi connectivity index (χ3v) is 4.90. The summed E-state index contributed by atoms with van der Waals surface area (Å²) in [6.45, 7) is 0. The number of pyridine rings is 1. The van der Waals surface area contributed by atoms with Crippen molar-refractivity contribution in [3.05, 3.63) is 89.6 Å². The maximum Gasteiger partial charge on any atom is 0.180 e. The lowest BCUT2D eigenvalue weighted by Gasteiger charge is -2.09. The second kappa shape index (κ2) is 5.08. The fourth-order valence-electron chi connectivity index (χ4n) is 3.67. The minimum atomic E-state index is -0.826. The van der Waals surface area contributed by atoms with Crippen molar-refractivity contribution in [2.45, 2.75) is 5.92 Å². The van der Waals surface area contributed by atoms with E-state index in [4.69, 9.17) is 0 Å². The van der Waals surface area contributed by atoms with E-state index in [1.54, 1.807) is 30.3 Å². The van der Waals surface area contributed by atoms with Crippen molar-refractivity contribution in [1.29, 1.82) is 0 Å². The standard InChI is InChI=1S/C22H13NO2/c24-21-16-7-3-4-8-17(16)22(25)20(21)19-12-10-15-14-6-2-1-5-13(14)9-11-18(15)23-19/h1-12,20H. The molecule has 0 bridgehead atoms. The third kappa shape index (κ3) is 1.96. The Kier molecular flexibility index (Phi) is 2.86. The summed E-state index contributed by atoms with van der Waals surface area (Å²) >= 11 is 0. The molecule has 3 aromatic carbocycles. The first kappa shape index (κ1) is 14.1. The number of rotatable bonds is 1. The van der Waals surface area contributed by atoms with Crippen molar-refractivity contribution in [2.75, 3.05) is 0 Å². The number of Topliss-reactive ketones (excluding diaryl/α,β-unsaturated/α-hetero) is 2. The predicted molar refractivity (Wildman–Crippen MR) is 97.1 cm³/mol. The highest BCUT2D eigenvalue weighted by Crippen LogP contribution is 2.34. The van der Waals surface area contributed by atoms with Crippen LogP contribution in [0, 0.1) is 0 Å². The molecule has 3 heteroatoms. The summed E-state index contributed by atoms with van der Waals surface area (Å²) < 4.78 is 0. The molecule has 0 saturated heterocycles. The molecule has 1 aliphatic rings. The number of aromatic nitrogens is 1. The molecule has 1 aliphatic carbocycles. The van der Waals surface area contributed by atoms with Gasteiger partial charge in [0.25, 0.3) is 0 Å². The Morgan fingerprint density at radius 2 is 1.32 bits per heavy atom. The van der Waals surface area contributed by atoms with Crippen LogP contribution in [-0.4, -0.2) is 16.6 Å². The van der Waals surface area contributed by atoms with Gasteiger partial charge in [0.1, 0.15) is 5.92 Å². The van der Waals surface area contributed by atoms with E-state index in [2.05, 4.69) is 17.1 Å². The Morgan fingerprint density at radius 1 is 0.640 bits per heavy atom. The van der Waals surface area contributed by atoms with E-state index >= 15 is 0 Å². The van der Waals surface area contributed by atoms with Crippen LogP contribution in [0.5, 0.6) is 0 Å². The number of hydrogen-bond donors (Lipinski definition) is 0. The molecule has 1 heterocycles. The van der Waals surface area contributed by atoms with Crippen LogP contribution < -0.4 is 0 Å². The van der Waals surface area contributed by atoms with Crippen LogP contribution in [0.15, 0.2) is 72.8 Å². The van der Waals surface area contributed by atoms with Gasteiger partial charge in [0.2, 0.25) is 0 Å². The molecule has 0 radical (unpaired) electrons. The average molecular weight is 323 g/mol. The lowest BCUT2D eigenvalue weighted by molar-refractivity contribution is 0.0888. The molecular weight excluding hydrogens is 310 g/mol. The van der Waals surface area contributed by atoms with Gasteiger partial charge in [-0.3, -0.25) is 14.6 Å². The summed E-state index contributed by atoms with van der Waals surface area (Å²) in [6, 6.07) is 22.8. The van der Waals surface area contributed by atoms with Crippen molar-refractivity contribution in [1.82, 2.24) is 4.98 Å². The highest BCUT2D eigenvalue weighted by atomic mass is 16.2. The zero-order valence-electron chi connectivity index (χ0n) is 13.3. The van der Waals surface area contributed by atoms with Crippen LogP contribution in [0.1, 0.15) is 32.3 Å². The molecule has 0 aliphatic heterocycles. The molecule has 1 aromatic heterocycles. The van der Waals surface area contributed by atoms with Gasteiger partial charge in [-0.05, 0) is 22.9 Å². The van der Waals surface area contributed by atoms with Gasteiger partial charge in [-0.1, -0.05) is 60.7 Å². The molecule has 3 nitrogen and oxygen atoms in total. The zero-order chi connectivity index (χ0) is 17.0. The van der Waals surface area contributed by atoms with Gasteiger partial charge in [-0.25, -0.2) is 0 Å². The molecule has 0 unspecified atom stereocenters. The summed E-state index contributed by atoms with van der Waals surface area (Å²) in [5, 5.41) is 3.29. The SMILES string of the molecule is O=C1c2ccccc2C(=O)C1c1ccc2c(ccc3ccccc32)n1. The van der Waals surface area contributed by atoms with Crippen LogP contribution in [0.25, 0.3) is 21.7 Å². The number of nitrogens with zero attached hydrogens (tertiary/aromatic N) is 1. The quantitative estimate of drug-likeness (QED) is 0.381. The van der Waals surface area contributed by atoms with Crippen molar-refractivity contribution >= 4 is 33.2 Å². The summed E-state index contributed by atoms with van der Waals surface area (Å²) in [7, 11) is 0. The molecule has 0 atom stereocenters. The smallest absolute Gasteiger partial charge is 0.180 e. The Balaban J connectivity index is 1.69. The fourth-order valence-corrected chi connectivity index (χ4v) is 3.67. The Bertz CT molecular complexity index is 1160. The van der Waals surface area contributed by atoms with Crippen molar-refractivity contribution in [3.8, 4) is 0 Å². The Labute approximate surface area is 143 Å². The van der Waals surface area contributed by atoms with E-state index in [0.29, 0.717) is 16.8 Å². The number of fused-ring (bicyclic) bond motifs is 4. The molecule has 0 saturated carbocycles. The predicted octanol–water partition coefficient (Wildman–Crippen LogP) is 4.55. The van der Waals surface area contributed by atoms with E-state index in [0.717, 1.165) is 21.7 Å². The van der Waals surface area contributed by atoms with Crippen LogP contribution in [0.2, 0.25) is 0 Å². The fraction of sp³-hybridized carbons (Fsp3) is 0.0455. The topological polar surface area (TPSA) is 47.0 Å². The van der Waals surface area contributed by atoms with Crippen LogP contribution in [-0.2, 0) is 0 Å². The Morgan fingerprint density at radius 3 is 2.08 bits per heavy atom. The Hall–Kier alpha value is -3.33. The summed E-state index contributed by atoms with van der Waals surface area (Å²) in [4.78, 5) is 30.0. The van der Waals surface area contributed by atoms with Crippen LogP contribution in [0.3, 0.4) is 0 Å².